The Kier molecular flexibility index (Phi) is 3.93. The highest BCUT2D eigenvalue weighted by Crippen LogP contribution is 2.28. The molecule has 22 heavy (non-hydrogen) atoms. The minimum atomic E-state index is -0.141. The lowest BCUT2D eigenvalue weighted by atomic mass is 10.1. The van der Waals surface area contributed by atoms with Gasteiger partial charge in [-0.2, -0.15) is 5.10 Å². The number of aromatic amines is 1. The maximum absolute atomic E-state index is 12.5. The van der Waals surface area contributed by atoms with Gasteiger partial charge in [0.15, 0.2) is 5.82 Å². The number of nitrogens with one attached hydrogen (secondary N) is 1. The van der Waals surface area contributed by atoms with Crippen LogP contribution in [0.5, 0.6) is 5.75 Å². The SMILES string of the molecule is COc1ccsc1C(=O)N(C)c1cc(-c2ccccc2)[nH]n1. The van der Waals surface area contributed by atoms with E-state index in [-0.39, 0.29) is 5.91 Å². The fourth-order valence-electron chi connectivity index (χ4n) is 2.12. The van der Waals surface area contributed by atoms with Crippen molar-refractivity contribution in [3.8, 4) is 17.0 Å². The molecule has 2 heterocycles. The molecule has 0 radical (unpaired) electrons. The molecule has 0 saturated carbocycles. The van der Waals surface area contributed by atoms with Crippen molar-refractivity contribution in [3.63, 3.8) is 0 Å². The van der Waals surface area contributed by atoms with E-state index in [0.717, 1.165) is 11.3 Å². The van der Waals surface area contributed by atoms with Crippen LogP contribution < -0.4 is 9.64 Å². The number of thiophene rings is 1. The Bertz CT molecular complexity index is 780. The van der Waals surface area contributed by atoms with Crippen molar-refractivity contribution in [2.45, 2.75) is 0 Å². The molecule has 1 aromatic carbocycles. The molecule has 0 aliphatic rings. The molecule has 0 unspecified atom stereocenters. The van der Waals surface area contributed by atoms with Crippen LogP contribution in [-0.4, -0.2) is 30.3 Å². The number of nitrogens with zero attached hydrogens (tertiary/aromatic N) is 2. The van der Waals surface area contributed by atoms with Crippen LogP contribution in [0.15, 0.2) is 47.8 Å². The number of carbonyl (C=O) groups is 1. The molecule has 6 heteroatoms. The number of hydrogen-bond donors (Lipinski definition) is 1. The van der Waals surface area contributed by atoms with E-state index in [1.54, 1.807) is 20.2 Å². The van der Waals surface area contributed by atoms with E-state index in [0.29, 0.717) is 16.4 Å². The third-order valence-electron chi connectivity index (χ3n) is 3.34. The number of amides is 1. The number of ether oxygens (including phenoxy) is 1. The number of rotatable bonds is 4. The smallest absolute Gasteiger partial charge is 0.273 e. The first kappa shape index (κ1) is 14.3. The van der Waals surface area contributed by atoms with Crippen molar-refractivity contribution in [2.24, 2.45) is 0 Å². The van der Waals surface area contributed by atoms with Gasteiger partial charge >= 0.3 is 0 Å². The predicted molar refractivity (Wildman–Crippen MR) is 87.6 cm³/mol. The van der Waals surface area contributed by atoms with E-state index in [1.165, 1.54) is 16.2 Å². The van der Waals surface area contributed by atoms with E-state index in [1.807, 2.05) is 41.8 Å². The summed E-state index contributed by atoms with van der Waals surface area (Å²) in [7, 11) is 3.26. The van der Waals surface area contributed by atoms with Crippen LogP contribution in [0.2, 0.25) is 0 Å². The predicted octanol–water partition coefficient (Wildman–Crippen LogP) is 3.42. The van der Waals surface area contributed by atoms with Crippen molar-refractivity contribution < 1.29 is 9.53 Å². The van der Waals surface area contributed by atoms with Gasteiger partial charge < -0.3 is 4.74 Å². The molecular formula is C16H15N3O2S. The second-order valence-corrected chi connectivity index (χ2v) is 5.60. The van der Waals surface area contributed by atoms with E-state index >= 15 is 0 Å². The van der Waals surface area contributed by atoms with Gasteiger partial charge in [-0.15, -0.1) is 11.3 Å². The summed E-state index contributed by atoms with van der Waals surface area (Å²) in [5.74, 6) is 1.01. The second-order valence-electron chi connectivity index (χ2n) is 4.69. The lowest BCUT2D eigenvalue weighted by Gasteiger charge is -2.13. The maximum atomic E-state index is 12.5. The van der Waals surface area contributed by atoms with Crippen LogP contribution in [0, 0.1) is 0 Å². The Hall–Kier alpha value is -2.60. The van der Waals surface area contributed by atoms with Crippen molar-refractivity contribution in [1.29, 1.82) is 0 Å². The van der Waals surface area contributed by atoms with Crippen LogP contribution >= 0.6 is 11.3 Å². The second kappa shape index (κ2) is 6.03. The number of carbonyl (C=O) groups excluding carboxylic acids is 1. The summed E-state index contributed by atoms with van der Waals surface area (Å²) < 4.78 is 5.20. The first-order valence-corrected chi connectivity index (χ1v) is 7.59. The van der Waals surface area contributed by atoms with Crippen LogP contribution in [0.3, 0.4) is 0 Å². The van der Waals surface area contributed by atoms with Gasteiger partial charge in [0.1, 0.15) is 10.6 Å². The molecule has 5 nitrogen and oxygen atoms in total. The quantitative estimate of drug-likeness (QED) is 0.803. The largest absolute Gasteiger partial charge is 0.495 e. The number of methoxy groups -OCH3 is 1. The lowest BCUT2D eigenvalue weighted by molar-refractivity contribution is 0.0993. The van der Waals surface area contributed by atoms with E-state index in [9.17, 15) is 4.79 Å². The van der Waals surface area contributed by atoms with Crippen LogP contribution in [-0.2, 0) is 0 Å². The number of hydrogen-bond acceptors (Lipinski definition) is 4. The monoisotopic (exact) mass is 313 g/mol. The molecule has 3 rings (SSSR count). The van der Waals surface area contributed by atoms with Crippen LogP contribution in [0.1, 0.15) is 9.67 Å². The van der Waals surface area contributed by atoms with Gasteiger partial charge in [-0.3, -0.25) is 14.8 Å². The summed E-state index contributed by atoms with van der Waals surface area (Å²) in [6.45, 7) is 0. The van der Waals surface area contributed by atoms with Gasteiger partial charge in [0.2, 0.25) is 0 Å². The first-order valence-electron chi connectivity index (χ1n) is 6.71. The zero-order valence-electron chi connectivity index (χ0n) is 12.2. The molecule has 0 spiro atoms. The zero-order chi connectivity index (χ0) is 15.5. The minimum absolute atomic E-state index is 0.141. The normalized spacial score (nSPS) is 10.5. The summed E-state index contributed by atoms with van der Waals surface area (Å²) in [6.07, 6.45) is 0. The maximum Gasteiger partial charge on any atom is 0.273 e. The van der Waals surface area contributed by atoms with E-state index in [4.69, 9.17) is 4.74 Å². The Balaban J connectivity index is 1.85. The number of H-pyrrole nitrogens is 1. The van der Waals surface area contributed by atoms with Crippen LogP contribution in [0.4, 0.5) is 5.82 Å². The Morgan fingerprint density at radius 2 is 2.05 bits per heavy atom. The van der Waals surface area contributed by atoms with Gasteiger partial charge in [-0.25, -0.2) is 0 Å². The Morgan fingerprint density at radius 3 is 2.77 bits per heavy atom. The van der Waals surface area contributed by atoms with E-state index in [2.05, 4.69) is 10.2 Å². The summed E-state index contributed by atoms with van der Waals surface area (Å²) in [6, 6.07) is 13.5. The third kappa shape index (κ3) is 2.60. The van der Waals surface area contributed by atoms with Crippen molar-refractivity contribution >= 4 is 23.1 Å². The first-order chi connectivity index (χ1) is 10.7. The fraction of sp³-hybridized carbons (Fsp3) is 0.125. The number of anilines is 1. The van der Waals surface area contributed by atoms with Gasteiger partial charge in [0.25, 0.3) is 5.91 Å². The van der Waals surface area contributed by atoms with E-state index < -0.39 is 0 Å². The van der Waals surface area contributed by atoms with Gasteiger partial charge in [-0.05, 0) is 17.0 Å². The molecule has 0 fully saturated rings. The van der Waals surface area contributed by atoms with Crippen molar-refractivity contribution in [1.82, 2.24) is 10.2 Å². The molecule has 0 bridgehead atoms. The minimum Gasteiger partial charge on any atom is -0.495 e. The molecule has 0 aliphatic heterocycles. The fourth-order valence-corrected chi connectivity index (χ4v) is 2.95. The topological polar surface area (TPSA) is 58.2 Å². The molecule has 1 amide bonds. The molecule has 0 atom stereocenters. The summed E-state index contributed by atoms with van der Waals surface area (Å²) >= 11 is 1.35. The van der Waals surface area contributed by atoms with Gasteiger partial charge in [0.05, 0.1) is 12.8 Å². The molecule has 0 aliphatic carbocycles. The average Bonchev–Trinajstić information content (AvgIpc) is 3.23. The average molecular weight is 313 g/mol. The summed E-state index contributed by atoms with van der Waals surface area (Å²) in [5.41, 5.74) is 1.89. The van der Waals surface area contributed by atoms with Gasteiger partial charge in [0, 0.05) is 13.1 Å². The Labute approximate surface area is 132 Å². The molecular weight excluding hydrogens is 298 g/mol. The lowest BCUT2D eigenvalue weighted by Crippen LogP contribution is -2.26. The van der Waals surface area contributed by atoms with Crippen LogP contribution in [0.25, 0.3) is 11.3 Å². The summed E-state index contributed by atoms with van der Waals surface area (Å²) in [4.78, 5) is 14.6. The molecule has 0 saturated heterocycles. The number of aromatic nitrogens is 2. The van der Waals surface area contributed by atoms with Crippen molar-refractivity contribution in [2.75, 3.05) is 19.1 Å². The molecule has 3 aromatic rings. The zero-order valence-corrected chi connectivity index (χ0v) is 13.1. The van der Waals surface area contributed by atoms with Gasteiger partial charge in [-0.1, -0.05) is 30.3 Å². The highest BCUT2D eigenvalue weighted by Gasteiger charge is 2.21. The third-order valence-corrected chi connectivity index (χ3v) is 4.22. The Morgan fingerprint density at radius 1 is 1.27 bits per heavy atom. The molecule has 2 aromatic heterocycles. The molecule has 112 valence electrons. The highest BCUT2D eigenvalue weighted by molar-refractivity contribution is 7.12. The molecule has 1 N–H and O–H groups in total. The highest BCUT2D eigenvalue weighted by atomic mass is 32.1. The summed E-state index contributed by atoms with van der Waals surface area (Å²) in [5, 5.41) is 9.02. The standard InChI is InChI=1S/C16H15N3O2S/c1-19(16(20)15-13(21-2)8-9-22-15)14-10-12(17-18-14)11-6-4-3-5-7-11/h3-10H,1-2H3,(H,17,18). The number of benzene rings is 1. The van der Waals surface area contributed by atoms with Crippen molar-refractivity contribution in [3.05, 3.63) is 52.7 Å².